The minimum absolute atomic E-state index is 1.07. The van der Waals surface area contributed by atoms with Crippen LogP contribution in [0.25, 0.3) is 182 Å². The first-order valence-corrected chi connectivity index (χ1v) is 32.9. The average Bonchev–Trinajstić information content (AvgIpc) is 1.21. The highest BCUT2D eigenvalue weighted by atomic mass is 15.0. The fourth-order valence-electron chi connectivity index (χ4n) is 15.7. The molecule has 0 radical (unpaired) electrons. The van der Waals surface area contributed by atoms with E-state index in [0.29, 0.717) is 0 Å². The molecule has 18 rings (SSSR count). The monoisotopic (exact) mass is 1200 g/mol. The van der Waals surface area contributed by atoms with Gasteiger partial charge in [-0.25, -0.2) is 0 Å². The number of nitrogens with zero attached hydrogens (tertiary/aromatic N) is 1. The van der Waals surface area contributed by atoms with Gasteiger partial charge in [0.15, 0.2) is 0 Å². The number of rotatable bonds is 12. The number of fused-ring (bicyclic) bond motifs is 6. The Hall–Kier alpha value is -12.4. The molecular formula is C94H61N. The Balaban J connectivity index is 0.994. The second-order valence-electron chi connectivity index (χ2n) is 24.8. The summed E-state index contributed by atoms with van der Waals surface area (Å²) >= 11 is 0. The van der Waals surface area contributed by atoms with E-state index < -0.39 is 0 Å². The molecule has 18 aromatic rings. The molecule has 0 saturated carbocycles. The predicted molar refractivity (Wildman–Crippen MR) is 404 cm³/mol. The molecule has 0 saturated heterocycles. The van der Waals surface area contributed by atoms with Crippen molar-refractivity contribution in [3.63, 3.8) is 0 Å². The largest absolute Gasteiger partial charge is 0.308 e. The van der Waals surface area contributed by atoms with Gasteiger partial charge in [0.2, 0.25) is 0 Å². The molecule has 442 valence electrons. The minimum atomic E-state index is 1.07. The van der Waals surface area contributed by atoms with Crippen LogP contribution in [0.5, 0.6) is 0 Å². The van der Waals surface area contributed by atoms with E-state index in [0.717, 1.165) is 56.0 Å². The van der Waals surface area contributed by atoms with Crippen LogP contribution in [-0.4, -0.2) is 4.57 Å². The lowest BCUT2D eigenvalue weighted by Gasteiger charge is -2.28. The molecule has 1 heterocycles. The van der Waals surface area contributed by atoms with Crippen LogP contribution < -0.4 is 0 Å². The highest BCUT2D eigenvalue weighted by molar-refractivity contribution is 6.46. The van der Waals surface area contributed by atoms with Gasteiger partial charge < -0.3 is 4.57 Å². The normalized spacial score (nSPS) is 11.6. The topological polar surface area (TPSA) is 4.93 Å². The molecule has 1 heteroatoms. The van der Waals surface area contributed by atoms with Crippen molar-refractivity contribution in [2.24, 2.45) is 0 Å². The van der Waals surface area contributed by atoms with Crippen molar-refractivity contribution in [2.45, 2.75) is 0 Å². The van der Waals surface area contributed by atoms with E-state index in [2.05, 4.69) is 375 Å². The highest BCUT2D eigenvalue weighted by Crippen LogP contribution is 2.59. The summed E-state index contributed by atoms with van der Waals surface area (Å²) in [6, 6.07) is 137. The van der Waals surface area contributed by atoms with Crippen molar-refractivity contribution >= 4 is 53.9 Å². The summed E-state index contributed by atoms with van der Waals surface area (Å²) in [4.78, 5) is 0. The van der Waals surface area contributed by atoms with Crippen LogP contribution in [0.1, 0.15) is 0 Å². The van der Waals surface area contributed by atoms with Crippen molar-refractivity contribution in [3.05, 3.63) is 370 Å². The van der Waals surface area contributed by atoms with Crippen LogP contribution in [0.4, 0.5) is 0 Å². The first-order chi connectivity index (χ1) is 47.2. The Kier molecular flexibility index (Phi) is 13.6. The van der Waals surface area contributed by atoms with Gasteiger partial charge in [-0.05, 0) is 172 Å². The van der Waals surface area contributed by atoms with E-state index in [1.54, 1.807) is 0 Å². The standard InChI is InChI=1S/C94H61N/c1-11-33-62(34-12-1)79-61-78(63-57-59-73(60-58-63)95-93(71-49-27-9-28-50-71)85(69-45-23-7-24-46-69)86(70-47-25-8-26-48-70)94(95)72-51-29-10-30-52-72)80(64-35-13-2-14-36-64)90-75-54-32-56-77-88(75)87-74(89(79)90)53-31-55-76(87)91-83(67-41-19-5-20-42-67)81(65-37-15-3-16-38-65)82(66-39-17-4-18-40-66)84(92(77)91)68-43-21-6-22-44-68/h1-61H. The summed E-state index contributed by atoms with van der Waals surface area (Å²) in [6.45, 7) is 0. The van der Waals surface area contributed by atoms with E-state index in [1.807, 2.05) is 0 Å². The predicted octanol–water partition coefficient (Wildman–Crippen LogP) is 26.0. The lowest BCUT2D eigenvalue weighted by molar-refractivity contribution is 1.10. The zero-order chi connectivity index (χ0) is 62.8. The molecule has 0 spiro atoms. The lowest BCUT2D eigenvalue weighted by Crippen LogP contribution is -2.01. The quantitative estimate of drug-likeness (QED) is 0.0849. The number of benzene rings is 17. The van der Waals surface area contributed by atoms with Gasteiger partial charge in [-0.1, -0.05) is 352 Å². The molecule has 95 heavy (non-hydrogen) atoms. The van der Waals surface area contributed by atoms with E-state index in [4.69, 9.17) is 0 Å². The molecule has 1 nitrogen and oxygen atoms in total. The van der Waals surface area contributed by atoms with Gasteiger partial charge in [0, 0.05) is 16.8 Å². The number of hydrogen-bond acceptors (Lipinski definition) is 0. The molecule has 0 fully saturated rings. The van der Waals surface area contributed by atoms with Gasteiger partial charge in [-0.2, -0.15) is 0 Å². The van der Waals surface area contributed by atoms with Crippen molar-refractivity contribution in [2.75, 3.05) is 0 Å². The molecule has 0 atom stereocenters. The Labute approximate surface area is 553 Å². The molecule has 17 aromatic carbocycles. The summed E-state index contributed by atoms with van der Waals surface area (Å²) in [7, 11) is 0. The van der Waals surface area contributed by atoms with Crippen molar-refractivity contribution in [3.8, 4) is 128 Å². The zero-order valence-electron chi connectivity index (χ0n) is 52.2. The summed E-state index contributed by atoms with van der Waals surface area (Å²) in [5.74, 6) is 0. The van der Waals surface area contributed by atoms with Crippen LogP contribution in [0.3, 0.4) is 0 Å². The minimum Gasteiger partial charge on any atom is -0.308 e. The van der Waals surface area contributed by atoms with Gasteiger partial charge in [0.25, 0.3) is 0 Å². The maximum Gasteiger partial charge on any atom is 0.0619 e. The Bertz CT molecular complexity index is 5730. The van der Waals surface area contributed by atoms with Crippen molar-refractivity contribution < 1.29 is 0 Å². The number of aromatic nitrogens is 1. The average molecular weight is 1200 g/mol. The molecule has 1 aromatic heterocycles. The molecule has 0 bridgehead atoms. The van der Waals surface area contributed by atoms with Crippen LogP contribution >= 0.6 is 0 Å². The lowest BCUT2D eigenvalue weighted by atomic mass is 9.74. The fourth-order valence-corrected chi connectivity index (χ4v) is 15.7. The maximum atomic E-state index is 2.53. The summed E-state index contributed by atoms with van der Waals surface area (Å²) < 4.78 is 2.53. The zero-order valence-corrected chi connectivity index (χ0v) is 52.2. The number of hydrogen-bond donors (Lipinski definition) is 0. The van der Waals surface area contributed by atoms with Gasteiger partial charge in [-0.3, -0.25) is 0 Å². The summed E-state index contributed by atoms with van der Waals surface area (Å²) in [6.07, 6.45) is 0. The van der Waals surface area contributed by atoms with Crippen molar-refractivity contribution in [1.29, 1.82) is 0 Å². The first kappa shape index (κ1) is 55.4. The molecule has 0 aliphatic heterocycles. The Morgan fingerprint density at radius 2 is 0.400 bits per heavy atom. The molecule has 0 N–H and O–H groups in total. The second kappa shape index (κ2) is 23.4. The first-order valence-electron chi connectivity index (χ1n) is 32.9. The fraction of sp³-hybridized carbons (Fsp3) is 0. The van der Waals surface area contributed by atoms with Crippen LogP contribution in [0.2, 0.25) is 0 Å². The van der Waals surface area contributed by atoms with Gasteiger partial charge in [0.1, 0.15) is 0 Å². The maximum absolute atomic E-state index is 2.53. The molecule has 0 aliphatic rings. The highest BCUT2D eigenvalue weighted by Gasteiger charge is 2.32. The van der Waals surface area contributed by atoms with Gasteiger partial charge in [0.05, 0.1) is 11.4 Å². The third kappa shape index (κ3) is 9.15. The Morgan fingerprint density at radius 3 is 0.737 bits per heavy atom. The Morgan fingerprint density at radius 1 is 0.147 bits per heavy atom. The van der Waals surface area contributed by atoms with Crippen LogP contribution in [0.15, 0.2) is 370 Å². The summed E-state index contributed by atoms with van der Waals surface area (Å²) in [5.41, 5.74) is 26.9. The van der Waals surface area contributed by atoms with Crippen LogP contribution in [-0.2, 0) is 0 Å². The SMILES string of the molecule is c1ccc(-c2c(-c3ccccc3)c(-c3ccccc3)c3c4cccc5c6c(-c7ccccc7)c(-c7ccc(-n8c(-c9ccccc9)c(-c9ccccc9)c(-c9ccccc9)c8-c8ccccc8)cc7)cc(-c7ccccc7)c6c6cccc(c3c2-c2ccccc2)c6c54)cc1. The second-order valence-corrected chi connectivity index (χ2v) is 24.8. The van der Waals surface area contributed by atoms with E-state index >= 15 is 0 Å². The third-order valence-electron chi connectivity index (χ3n) is 19.5. The summed E-state index contributed by atoms with van der Waals surface area (Å²) in [5, 5.41) is 12.4. The molecule has 0 amide bonds. The van der Waals surface area contributed by atoms with E-state index in [1.165, 1.54) is 126 Å². The smallest absolute Gasteiger partial charge is 0.0619 e. The molecule has 0 unspecified atom stereocenters. The van der Waals surface area contributed by atoms with Crippen LogP contribution in [0, 0.1) is 0 Å². The van der Waals surface area contributed by atoms with E-state index in [-0.39, 0.29) is 0 Å². The van der Waals surface area contributed by atoms with Gasteiger partial charge >= 0.3 is 0 Å². The van der Waals surface area contributed by atoms with E-state index in [9.17, 15) is 0 Å². The van der Waals surface area contributed by atoms with Gasteiger partial charge in [-0.15, -0.1) is 0 Å². The molecule has 0 aliphatic carbocycles. The van der Waals surface area contributed by atoms with Crippen molar-refractivity contribution in [1.82, 2.24) is 4.57 Å². The molecular weight excluding hydrogens is 1140 g/mol. The third-order valence-corrected chi connectivity index (χ3v) is 19.5.